The molecule has 5 nitrogen and oxygen atoms in total. The SMILES string of the molecule is O=S(=O)(Cc1ccccc1)NCCn1ccc(-c2ccsc2)n1. The first-order valence-corrected chi connectivity index (χ1v) is 9.79. The second-order valence-corrected chi connectivity index (χ2v) is 7.70. The maximum absolute atomic E-state index is 12.0. The molecule has 0 saturated heterocycles. The van der Waals surface area contributed by atoms with Crippen molar-refractivity contribution in [2.24, 2.45) is 0 Å². The van der Waals surface area contributed by atoms with Crippen LogP contribution in [0.15, 0.2) is 59.4 Å². The van der Waals surface area contributed by atoms with Crippen LogP contribution in [-0.2, 0) is 22.3 Å². The minimum atomic E-state index is -3.33. The van der Waals surface area contributed by atoms with Gasteiger partial charge in [0.2, 0.25) is 10.0 Å². The lowest BCUT2D eigenvalue weighted by molar-refractivity contribution is 0.560. The van der Waals surface area contributed by atoms with Crippen molar-refractivity contribution in [3.05, 3.63) is 65.0 Å². The first-order valence-electron chi connectivity index (χ1n) is 7.20. The molecule has 0 spiro atoms. The van der Waals surface area contributed by atoms with Gasteiger partial charge in [0.1, 0.15) is 0 Å². The molecular formula is C16H17N3O2S2. The molecule has 3 aromatic rings. The minimum Gasteiger partial charge on any atom is -0.271 e. The number of aromatic nitrogens is 2. The van der Waals surface area contributed by atoms with Crippen molar-refractivity contribution in [2.45, 2.75) is 12.3 Å². The second kappa shape index (κ2) is 7.08. The molecule has 1 aromatic carbocycles. The maximum Gasteiger partial charge on any atom is 0.215 e. The lowest BCUT2D eigenvalue weighted by Crippen LogP contribution is -2.28. The number of nitrogens with zero attached hydrogens (tertiary/aromatic N) is 2. The predicted molar refractivity (Wildman–Crippen MR) is 92.6 cm³/mol. The van der Waals surface area contributed by atoms with E-state index in [1.54, 1.807) is 28.2 Å². The number of hydrogen-bond acceptors (Lipinski definition) is 4. The van der Waals surface area contributed by atoms with Crippen molar-refractivity contribution in [2.75, 3.05) is 6.54 Å². The van der Waals surface area contributed by atoms with E-state index in [0.29, 0.717) is 13.1 Å². The third kappa shape index (κ3) is 4.51. The van der Waals surface area contributed by atoms with Crippen molar-refractivity contribution in [1.29, 1.82) is 0 Å². The molecule has 0 bridgehead atoms. The first-order chi connectivity index (χ1) is 11.1. The summed E-state index contributed by atoms with van der Waals surface area (Å²) in [6.45, 7) is 0.818. The lowest BCUT2D eigenvalue weighted by atomic mass is 10.2. The molecule has 0 fully saturated rings. The van der Waals surface area contributed by atoms with E-state index in [9.17, 15) is 8.42 Å². The van der Waals surface area contributed by atoms with Gasteiger partial charge in [-0.2, -0.15) is 16.4 Å². The van der Waals surface area contributed by atoms with Crippen LogP contribution in [-0.4, -0.2) is 24.7 Å². The van der Waals surface area contributed by atoms with Crippen molar-refractivity contribution in [3.63, 3.8) is 0 Å². The average Bonchev–Trinajstić information content (AvgIpc) is 3.18. The number of nitrogens with one attached hydrogen (secondary N) is 1. The van der Waals surface area contributed by atoms with Gasteiger partial charge in [-0.1, -0.05) is 30.3 Å². The van der Waals surface area contributed by atoms with Crippen LogP contribution in [0.2, 0.25) is 0 Å². The monoisotopic (exact) mass is 347 g/mol. The van der Waals surface area contributed by atoms with Crippen LogP contribution >= 0.6 is 11.3 Å². The smallest absolute Gasteiger partial charge is 0.215 e. The highest BCUT2D eigenvalue weighted by atomic mass is 32.2. The van der Waals surface area contributed by atoms with Gasteiger partial charge < -0.3 is 0 Å². The minimum absolute atomic E-state index is 0.00684. The lowest BCUT2D eigenvalue weighted by Gasteiger charge is -2.07. The Morgan fingerprint density at radius 2 is 1.96 bits per heavy atom. The molecule has 2 heterocycles. The quantitative estimate of drug-likeness (QED) is 0.715. The molecule has 0 radical (unpaired) electrons. The molecule has 1 N–H and O–H groups in total. The Morgan fingerprint density at radius 3 is 2.70 bits per heavy atom. The van der Waals surface area contributed by atoms with Crippen LogP contribution in [0.1, 0.15) is 5.56 Å². The summed E-state index contributed by atoms with van der Waals surface area (Å²) < 4.78 is 28.4. The highest BCUT2D eigenvalue weighted by molar-refractivity contribution is 7.88. The summed E-state index contributed by atoms with van der Waals surface area (Å²) >= 11 is 1.62. The van der Waals surface area contributed by atoms with Gasteiger partial charge in [-0.15, -0.1) is 0 Å². The topological polar surface area (TPSA) is 64.0 Å². The molecule has 23 heavy (non-hydrogen) atoms. The van der Waals surface area contributed by atoms with E-state index in [2.05, 4.69) is 9.82 Å². The Morgan fingerprint density at radius 1 is 1.13 bits per heavy atom. The number of thiophene rings is 1. The van der Waals surface area contributed by atoms with E-state index < -0.39 is 10.0 Å². The van der Waals surface area contributed by atoms with Gasteiger partial charge in [0, 0.05) is 23.7 Å². The fraction of sp³-hybridized carbons (Fsp3) is 0.188. The van der Waals surface area contributed by atoms with Crippen LogP contribution in [0.25, 0.3) is 11.3 Å². The average molecular weight is 347 g/mol. The summed E-state index contributed by atoms with van der Waals surface area (Å²) in [5.74, 6) is -0.00684. The van der Waals surface area contributed by atoms with E-state index in [-0.39, 0.29) is 5.75 Å². The van der Waals surface area contributed by atoms with E-state index in [1.165, 1.54) is 0 Å². The second-order valence-electron chi connectivity index (χ2n) is 5.12. The Bertz CT molecular complexity index is 841. The zero-order valence-corrected chi connectivity index (χ0v) is 14.1. The van der Waals surface area contributed by atoms with Gasteiger partial charge in [0.15, 0.2) is 0 Å². The third-order valence-electron chi connectivity index (χ3n) is 3.32. The zero-order chi connectivity index (χ0) is 16.1. The van der Waals surface area contributed by atoms with Crippen LogP contribution in [0.4, 0.5) is 0 Å². The van der Waals surface area contributed by atoms with Gasteiger partial charge >= 0.3 is 0 Å². The maximum atomic E-state index is 12.0. The summed E-state index contributed by atoms with van der Waals surface area (Å²) in [6.07, 6.45) is 1.86. The number of hydrogen-bond donors (Lipinski definition) is 1. The van der Waals surface area contributed by atoms with Crippen LogP contribution in [0.5, 0.6) is 0 Å². The molecule has 7 heteroatoms. The molecular weight excluding hydrogens is 330 g/mol. The number of benzene rings is 1. The summed E-state index contributed by atoms with van der Waals surface area (Å²) in [7, 11) is -3.33. The molecule has 0 aliphatic rings. The Labute approximate surface area is 139 Å². The predicted octanol–water partition coefficient (Wildman–Crippen LogP) is 2.73. The summed E-state index contributed by atoms with van der Waals surface area (Å²) in [5.41, 5.74) is 2.76. The van der Waals surface area contributed by atoms with Gasteiger partial charge in [-0.3, -0.25) is 4.68 Å². The van der Waals surface area contributed by atoms with E-state index in [4.69, 9.17) is 0 Å². The van der Waals surface area contributed by atoms with Gasteiger partial charge in [-0.05, 0) is 23.1 Å². The zero-order valence-electron chi connectivity index (χ0n) is 12.4. The molecule has 0 unspecified atom stereocenters. The largest absolute Gasteiger partial charge is 0.271 e. The summed E-state index contributed by atoms with van der Waals surface area (Å²) in [4.78, 5) is 0. The first kappa shape index (κ1) is 15.9. The van der Waals surface area contributed by atoms with Crippen LogP contribution in [0, 0.1) is 0 Å². The van der Waals surface area contributed by atoms with Crippen LogP contribution < -0.4 is 4.72 Å². The normalized spacial score (nSPS) is 11.7. The molecule has 0 amide bonds. The van der Waals surface area contributed by atoms with Crippen molar-refractivity contribution in [1.82, 2.24) is 14.5 Å². The highest BCUT2D eigenvalue weighted by Crippen LogP contribution is 2.19. The fourth-order valence-corrected chi connectivity index (χ4v) is 4.00. The summed E-state index contributed by atoms with van der Waals surface area (Å²) in [5, 5.41) is 8.49. The Kier molecular flexibility index (Phi) is 4.90. The van der Waals surface area contributed by atoms with Crippen molar-refractivity contribution < 1.29 is 8.42 Å². The van der Waals surface area contributed by atoms with E-state index in [0.717, 1.165) is 16.8 Å². The van der Waals surface area contributed by atoms with Gasteiger partial charge in [0.25, 0.3) is 0 Å². The van der Waals surface area contributed by atoms with E-state index >= 15 is 0 Å². The van der Waals surface area contributed by atoms with Crippen molar-refractivity contribution in [3.8, 4) is 11.3 Å². The Hall–Kier alpha value is -1.96. The van der Waals surface area contributed by atoms with Crippen LogP contribution in [0.3, 0.4) is 0 Å². The molecule has 0 aliphatic heterocycles. The molecule has 2 aromatic heterocycles. The highest BCUT2D eigenvalue weighted by Gasteiger charge is 2.11. The molecule has 0 saturated carbocycles. The molecule has 0 atom stereocenters. The number of rotatable bonds is 7. The standard InChI is InChI=1S/C16H17N3O2S2/c20-23(21,13-14-4-2-1-3-5-14)17-8-10-19-9-6-16(18-19)15-7-11-22-12-15/h1-7,9,11-12,17H,8,10,13H2. The van der Waals surface area contributed by atoms with Gasteiger partial charge in [-0.25, -0.2) is 13.1 Å². The fourth-order valence-electron chi connectivity index (χ4n) is 2.21. The van der Waals surface area contributed by atoms with E-state index in [1.807, 2.05) is 47.3 Å². The summed E-state index contributed by atoms with van der Waals surface area (Å²) in [6, 6.07) is 13.1. The molecule has 3 rings (SSSR count). The third-order valence-corrected chi connectivity index (χ3v) is 5.36. The molecule has 0 aliphatic carbocycles. The molecule has 120 valence electrons. The number of sulfonamides is 1. The van der Waals surface area contributed by atoms with Gasteiger partial charge in [0.05, 0.1) is 18.0 Å². The Balaban J connectivity index is 1.53. The van der Waals surface area contributed by atoms with Crippen molar-refractivity contribution >= 4 is 21.4 Å².